The van der Waals surface area contributed by atoms with Gasteiger partial charge in [-0.15, -0.1) is 0 Å². The zero-order valence-electron chi connectivity index (χ0n) is 5.25. The second-order valence-corrected chi connectivity index (χ2v) is 10.6. The Hall–Kier alpha value is 1.31. The van der Waals surface area contributed by atoms with Gasteiger partial charge in [0.05, 0.1) is 0 Å². The summed E-state index contributed by atoms with van der Waals surface area (Å²) in [4.78, 5) is 0. The van der Waals surface area contributed by atoms with Crippen LogP contribution >= 0.6 is 35.4 Å². The molecule has 0 heterocycles. The molecule has 0 nitrogen and oxygen atoms in total. The minimum atomic E-state index is -1.46. The molecule has 0 saturated heterocycles. The van der Waals surface area contributed by atoms with Crippen molar-refractivity contribution < 1.29 is 0 Å². The Morgan fingerprint density at radius 3 is 1.89 bits per heavy atom. The summed E-state index contributed by atoms with van der Waals surface area (Å²) in [6.07, 6.45) is 6.72. The third-order valence-electron chi connectivity index (χ3n) is 1.77. The van der Waals surface area contributed by atoms with Crippen LogP contribution in [0.2, 0.25) is 0 Å². The first-order chi connectivity index (χ1) is 4.30. The van der Waals surface area contributed by atoms with Crippen molar-refractivity contribution in [3.63, 3.8) is 0 Å². The van der Waals surface area contributed by atoms with Crippen LogP contribution < -0.4 is 0 Å². The Balaban J connectivity index is 2.23. The first-order valence-electron chi connectivity index (χ1n) is 3.32. The van der Waals surface area contributed by atoms with Crippen LogP contribution in [0.25, 0.3) is 0 Å². The van der Waals surface area contributed by atoms with Gasteiger partial charge in [-0.1, -0.05) is 0 Å². The van der Waals surface area contributed by atoms with Crippen molar-refractivity contribution >= 4 is 35.4 Å². The van der Waals surface area contributed by atoms with Crippen molar-refractivity contribution in [2.45, 2.75) is 36.0 Å². The SMILES string of the molecule is ClI(Cl)C1CCCCC1. The molecule has 1 aliphatic rings. The second kappa shape index (κ2) is 4.24. The van der Waals surface area contributed by atoms with E-state index in [0.717, 1.165) is 3.92 Å². The van der Waals surface area contributed by atoms with Crippen LogP contribution in [0.1, 0.15) is 32.1 Å². The van der Waals surface area contributed by atoms with E-state index in [-0.39, 0.29) is 0 Å². The predicted octanol–water partition coefficient (Wildman–Crippen LogP) is 4.13. The fraction of sp³-hybridized carbons (Fsp3) is 1.00. The van der Waals surface area contributed by atoms with Gasteiger partial charge in [0, 0.05) is 0 Å². The Labute approximate surface area is 71.1 Å². The molecule has 0 atom stereocenters. The molecule has 0 unspecified atom stereocenters. The standard InChI is InChI=1S/C6H11Cl2I/c7-9(8)6-4-2-1-3-5-6/h6H,1-5H2. The molecule has 9 heavy (non-hydrogen) atoms. The minimum absolute atomic E-state index is 0.742. The molecule has 0 aromatic rings. The van der Waals surface area contributed by atoms with Gasteiger partial charge in [-0.05, 0) is 0 Å². The van der Waals surface area contributed by atoms with Crippen LogP contribution in [0.3, 0.4) is 0 Å². The number of hydrogen-bond donors (Lipinski definition) is 0. The van der Waals surface area contributed by atoms with Gasteiger partial charge in [-0.25, -0.2) is 0 Å². The molecule has 56 valence electrons. The second-order valence-electron chi connectivity index (χ2n) is 2.45. The van der Waals surface area contributed by atoms with Gasteiger partial charge in [0.2, 0.25) is 0 Å². The molecule has 0 N–H and O–H groups in total. The summed E-state index contributed by atoms with van der Waals surface area (Å²) >= 11 is -1.46. The molecule has 3 heteroatoms. The fourth-order valence-corrected chi connectivity index (χ4v) is 5.25. The summed E-state index contributed by atoms with van der Waals surface area (Å²) in [5.41, 5.74) is 0. The van der Waals surface area contributed by atoms with E-state index in [1.165, 1.54) is 32.1 Å². The molecule has 0 spiro atoms. The van der Waals surface area contributed by atoms with Crippen molar-refractivity contribution in [1.29, 1.82) is 0 Å². The molecule has 1 fully saturated rings. The summed E-state index contributed by atoms with van der Waals surface area (Å²) < 4.78 is 0.742. The Morgan fingerprint density at radius 2 is 1.56 bits per heavy atom. The maximum atomic E-state index is 5.88. The van der Waals surface area contributed by atoms with Gasteiger partial charge in [0.25, 0.3) is 0 Å². The molecule has 0 bridgehead atoms. The first kappa shape index (κ1) is 8.41. The molecule has 0 aliphatic heterocycles. The van der Waals surface area contributed by atoms with Gasteiger partial charge in [0.15, 0.2) is 0 Å². The van der Waals surface area contributed by atoms with Crippen LogP contribution in [0, 0.1) is 0 Å². The van der Waals surface area contributed by atoms with Crippen LogP contribution in [-0.4, -0.2) is 3.92 Å². The number of alkyl halides is 1. The summed E-state index contributed by atoms with van der Waals surface area (Å²) in [6, 6.07) is 0. The topological polar surface area (TPSA) is 0 Å². The van der Waals surface area contributed by atoms with Gasteiger partial charge < -0.3 is 0 Å². The summed E-state index contributed by atoms with van der Waals surface area (Å²) in [5.74, 6) is 0. The van der Waals surface area contributed by atoms with Crippen LogP contribution in [0.15, 0.2) is 0 Å². The molecule has 1 saturated carbocycles. The molecular weight excluding hydrogens is 270 g/mol. The van der Waals surface area contributed by atoms with Crippen molar-refractivity contribution in [2.75, 3.05) is 0 Å². The Morgan fingerprint density at radius 1 is 1.00 bits per heavy atom. The summed E-state index contributed by atoms with van der Waals surface area (Å²) in [6.45, 7) is 0. The van der Waals surface area contributed by atoms with E-state index < -0.39 is 17.6 Å². The van der Waals surface area contributed by atoms with Crippen molar-refractivity contribution in [3.05, 3.63) is 0 Å². The maximum absolute atomic E-state index is 5.88. The van der Waals surface area contributed by atoms with E-state index in [4.69, 9.17) is 17.8 Å². The third-order valence-corrected chi connectivity index (χ3v) is 7.48. The monoisotopic (exact) mass is 280 g/mol. The third kappa shape index (κ3) is 2.81. The van der Waals surface area contributed by atoms with Gasteiger partial charge in [-0.3, -0.25) is 0 Å². The zero-order valence-corrected chi connectivity index (χ0v) is 8.92. The average Bonchev–Trinajstić information content (AvgIpc) is 1.90. The Bertz CT molecular complexity index is 79.1. The van der Waals surface area contributed by atoms with Crippen LogP contribution in [0.5, 0.6) is 0 Å². The summed E-state index contributed by atoms with van der Waals surface area (Å²) in [5, 5.41) is 0. The zero-order chi connectivity index (χ0) is 6.69. The molecule has 0 amide bonds. The molecule has 1 rings (SSSR count). The molecule has 0 aromatic carbocycles. The molecule has 1 aliphatic carbocycles. The predicted molar refractivity (Wildman–Crippen MR) is 52.6 cm³/mol. The van der Waals surface area contributed by atoms with Crippen LogP contribution in [-0.2, 0) is 0 Å². The van der Waals surface area contributed by atoms with Gasteiger partial charge >= 0.3 is 71.4 Å². The average molecular weight is 281 g/mol. The van der Waals surface area contributed by atoms with Crippen molar-refractivity contribution in [3.8, 4) is 0 Å². The normalized spacial score (nSPS) is 24.0. The van der Waals surface area contributed by atoms with Gasteiger partial charge in [-0.2, -0.15) is 0 Å². The Kier molecular flexibility index (Phi) is 3.96. The van der Waals surface area contributed by atoms with E-state index in [9.17, 15) is 0 Å². The number of halogens is 3. The van der Waals surface area contributed by atoms with Crippen molar-refractivity contribution in [1.82, 2.24) is 0 Å². The molecule has 0 radical (unpaired) electrons. The van der Waals surface area contributed by atoms with E-state index in [0.29, 0.717) is 0 Å². The van der Waals surface area contributed by atoms with E-state index in [1.54, 1.807) is 0 Å². The quantitative estimate of drug-likeness (QED) is 0.500. The number of hydrogen-bond acceptors (Lipinski definition) is 0. The van der Waals surface area contributed by atoms with E-state index >= 15 is 0 Å². The van der Waals surface area contributed by atoms with Gasteiger partial charge in [0.1, 0.15) is 0 Å². The van der Waals surface area contributed by atoms with E-state index in [1.807, 2.05) is 0 Å². The van der Waals surface area contributed by atoms with Crippen molar-refractivity contribution in [2.24, 2.45) is 0 Å². The fourth-order valence-electron chi connectivity index (χ4n) is 1.22. The summed E-state index contributed by atoms with van der Waals surface area (Å²) in [7, 11) is 11.8. The molecular formula is C6H11Cl2I. The van der Waals surface area contributed by atoms with E-state index in [2.05, 4.69) is 0 Å². The first-order valence-corrected chi connectivity index (χ1v) is 10.0. The molecule has 0 aromatic heterocycles. The van der Waals surface area contributed by atoms with Crippen LogP contribution in [0.4, 0.5) is 0 Å². The number of rotatable bonds is 1.